The van der Waals surface area contributed by atoms with Crippen LogP contribution in [-0.2, 0) is 13.5 Å². The number of para-hydroxylation sites is 2. The van der Waals surface area contributed by atoms with E-state index in [4.69, 9.17) is 0 Å². The van der Waals surface area contributed by atoms with Gasteiger partial charge in [0, 0.05) is 25.6 Å². The van der Waals surface area contributed by atoms with Gasteiger partial charge < -0.3 is 4.57 Å². The zero-order valence-electron chi connectivity index (χ0n) is 11.9. The third-order valence-corrected chi connectivity index (χ3v) is 3.54. The summed E-state index contributed by atoms with van der Waals surface area (Å²) in [5, 5.41) is 10.8. The minimum absolute atomic E-state index is 0.00936. The zero-order valence-corrected chi connectivity index (χ0v) is 11.9. The molecule has 22 heavy (non-hydrogen) atoms. The minimum atomic E-state index is -0.449. The van der Waals surface area contributed by atoms with Crippen molar-refractivity contribution in [2.75, 3.05) is 0 Å². The molecule has 6 heteroatoms. The van der Waals surface area contributed by atoms with Crippen LogP contribution >= 0.6 is 0 Å². The second kappa shape index (κ2) is 5.40. The van der Waals surface area contributed by atoms with E-state index in [1.54, 1.807) is 23.7 Å². The van der Waals surface area contributed by atoms with Crippen LogP contribution in [0.4, 0.5) is 5.69 Å². The van der Waals surface area contributed by atoms with Crippen LogP contribution in [0.5, 0.6) is 0 Å². The summed E-state index contributed by atoms with van der Waals surface area (Å²) in [6.07, 6.45) is 0.263. The molecule has 0 unspecified atom stereocenters. The summed E-state index contributed by atoms with van der Waals surface area (Å²) in [5.41, 5.74) is 2.37. The third kappa shape index (κ3) is 2.46. The number of hydrogen-bond acceptors (Lipinski definition) is 4. The number of nitro groups is 1. The van der Waals surface area contributed by atoms with Gasteiger partial charge in [0.2, 0.25) is 0 Å². The SMILES string of the molecule is Cn1c(=O)c(Cc2cccc([N+](=O)[O-])c2)nc2ccccc21. The Hall–Kier alpha value is -3.02. The lowest BCUT2D eigenvalue weighted by molar-refractivity contribution is -0.384. The monoisotopic (exact) mass is 295 g/mol. The van der Waals surface area contributed by atoms with Gasteiger partial charge in [0.05, 0.1) is 16.0 Å². The summed E-state index contributed by atoms with van der Waals surface area (Å²) in [4.78, 5) is 27.2. The summed E-state index contributed by atoms with van der Waals surface area (Å²) in [7, 11) is 1.70. The Morgan fingerprint density at radius 2 is 1.95 bits per heavy atom. The first-order chi connectivity index (χ1) is 10.6. The Morgan fingerprint density at radius 1 is 1.18 bits per heavy atom. The summed E-state index contributed by atoms with van der Waals surface area (Å²) in [6, 6.07) is 13.6. The molecule has 0 amide bonds. The van der Waals surface area contributed by atoms with Crippen LogP contribution in [0.1, 0.15) is 11.3 Å². The first-order valence-electron chi connectivity index (χ1n) is 6.74. The molecule has 0 saturated heterocycles. The number of benzene rings is 2. The van der Waals surface area contributed by atoms with Crippen LogP contribution in [0.3, 0.4) is 0 Å². The summed E-state index contributed by atoms with van der Waals surface area (Å²) in [6.45, 7) is 0. The van der Waals surface area contributed by atoms with Gasteiger partial charge in [0.25, 0.3) is 11.2 Å². The Balaban J connectivity index is 2.08. The summed E-state index contributed by atoms with van der Waals surface area (Å²) < 4.78 is 1.55. The summed E-state index contributed by atoms with van der Waals surface area (Å²) in [5.74, 6) is 0. The maximum atomic E-state index is 12.4. The van der Waals surface area contributed by atoms with Crippen LogP contribution in [0.25, 0.3) is 11.0 Å². The van der Waals surface area contributed by atoms with Gasteiger partial charge in [-0.05, 0) is 17.7 Å². The number of rotatable bonds is 3. The molecule has 0 saturated carbocycles. The van der Waals surface area contributed by atoms with Crippen molar-refractivity contribution in [2.45, 2.75) is 6.42 Å². The average molecular weight is 295 g/mol. The van der Waals surface area contributed by atoms with E-state index in [2.05, 4.69) is 4.98 Å². The predicted molar refractivity (Wildman–Crippen MR) is 82.9 cm³/mol. The lowest BCUT2D eigenvalue weighted by atomic mass is 10.1. The molecule has 3 aromatic rings. The molecule has 0 spiro atoms. The molecule has 0 aliphatic carbocycles. The van der Waals surface area contributed by atoms with Gasteiger partial charge in [-0.1, -0.05) is 24.3 Å². The largest absolute Gasteiger partial charge is 0.308 e. The third-order valence-electron chi connectivity index (χ3n) is 3.54. The molecule has 0 bridgehead atoms. The maximum Gasteiger partial charge on any atom is 0.272 e. The maximum absolute atomic E-state index is 12.4. The fraction of sp³-hybridized carbons (Fsp3) is 0.125. The lowest BCUT2D eigenvalue weighted by Crippen LogP contribution is -2.23. The van der Waals surface area contributed by atoms with E-state index in [1.165, 1.54) is 12.1 Å². The topological polar surface area (TPSA) is 78.0 Å². The molecule has 0 aliphatic heterocycles. The van der Waals surface area contributed by atoms with Crippen LogP contribution in [0, 0.1) is 10.1 Å². The van der Waals surface area contributed by atoms with Crippen molar-refractivity contribution in [3.05, 3.63) is 80.3 Å². The fourth-order valence-electron chi connectivity index (χ4n) is 2.43. The quantitative estimate of drug-likeness (QED) is 0.549. The minimum Gasteiger partial charge on any atom is -0.308 e. The van der Waals surface area contributed by atoms with E-state index in [0.29, 0.717) is 11.3 Å². The number of aryl methyl sites for hydroxylation is 1. The van der Waals surface area contributed by atoms with Gasteiger partial charge in [-0.15, -0.1) is 0 Å². The van der Waals surface area contributed by atoms with Crippen molar-refractivity contribution in [1.29, 1.82) is 0 Å². The first kappa shape index (κ1) is 13.9. The number of hydrogen-bond donors (Lipinski definition) is 0. The number of fused-ring (bicyclic) bond motifs is 1. The van der Waals surface area contributed by atoms with Crippen LogP contribution in [-0.4, -0.2) is 14.5 Å². The highest BCUT2D eigenvalue weighted by atomic mass is 16.6. The highest BCUT2D eigenvalue weighted by molar-refractivity contribution is 5.74. The van der Waals surface area contributed by atoms with Gasteiger partial charge in [0.15, 0.2) is 0 Å². The van der Waals surface area contributed by atoms with E-state index in [9.17, 15) is 14.9 Å². The van der Waals surface area contributed by atoms with Gasteiger partial charge in [0.1, 0.15) is 5.69 Å². The molecule has 0 radical (unpaired) electrons. The molecule has 2 aromatic carbocycles. The molecular formula is C16H13N3O3. The van der Waals surface area contributed by atoms with Crippen molar-refractivity contribution in [3.63, 3.8) is 0 Å². The van der Waals surface area contributed by atoms with E-state index in [-0.39, 0.29) is 17.7 Å². The van der Waals surface area contributed by atoms with Gasteiger partial charge in [-0.3, -0.25) is 14.9 Å². The Labute approximate surface area is 125 Å². The molecule has 0 N–H and O–H groups in total. The molecular weight excluding hydrogens is 282 g/mol. The molecule has 1 aromatic heterocycles. The highest BCUT2D eigenvalue weighted by Gasteiger charge is 2.11. The Morgan fingerprint density at radius 3 is 2.73 bits per heavy atom. The molecule has 0 fully saturated rings. The Bertz CT molecular complexity index is 931. The number of nitro benzene ring substituents is 1. The molecule has 110 valence electrons. The van der Waals surface area contributed by atoms with Crippen molar-refractivity contribution in [2.24, 2.45) is 7.05 Å². The van der Waals surface area contributed by atoms with E-state index in [1.807, 2.05) is 24.3 Å². The molecule has 6 nitrogen and oxygen atoms in total. The zero-order chi connectivity index (χ0) is 15.7. The van der Waals surface area contributed by atoms with Crippen molar-refractivity contribution in [1.82, 2.24) is 9.55 Å². The standard InChI is InChI=1S/C16H13N3O3/c1-18-15-8-3-2-7-13(15)17-14(16(18)20)10-11-5-4-6-12(9-11)19(21)22/h2-9H,10H2,1H3. The molecule has 0 aliphatic rings. The van der Waals surface area contributed by atoms with Crippen LogP contribution in [0.15, 0.2) is 53.3 Å². The van der Waals surface area contributed by atoms with Gasteiger partial charge in [-0.2, -0.15) is 0 Å². The number of nitrogens with zero attached hydrogens (tertiary/aromatic N) is 3. The normalized spacial score (nSPS) is 10.8. The van der Waals surface area contributed by atoms with Crippen molar-refractivity contribution >= 4 is 16.7 Å². The number of non-ortho nitro benzene ring substituents is 1. The number of aromatic nitrogens is 2. The van der Waals surface area contributed by atoms with Gasteiger partial charge in [-0.25, -0.2) is 4.98 Å². The van der Waals surface area contributed by atoms with E-state index < -0.39 is 4.92 Å². The highest BCUT2D eigenvalue weighted by Crippen LogP contribution is 2.16. The first-order valence-corrected chi connectivity index (χ1v) is 6.74. The predicted octanol–water partition coefficient (Wildman–Crippen LogP) is 2.43. The summed E-state index contributed by atoms with van der Waals surface area (Å²) >= 11 is 0. The Kier molecular flexibility index (Phi) is 3.42. The lowest BCUT2D eigenvalue weighted by Gasteiger charge is -2.07. The average Bonchev–Trinajstić information content (AvgIpc) is 2.52. The van der Waals surface area contributed by atoms with E-state index in [0.717, 1.165) is 11.0 Å². The second-order valence-corrected chi connectivity index (χ2v) is 5.02. The van der Waals surface area contributed by atoms with E-state index >= 15 is 0 Å². The molecule has 3 rings (SSSR count). The molecule has 0 atom stereocenters. The molecule has 1 heterocycles. The fourth-order valence-corrected chi connectivity index (χ4v) is 2.43. The second-order valence-electron chi connectivity index (χ2n) is 5.02. The van der Waals surface area contributed by atoms with Crippen LogP contribution < -0.4 is 5.56 Å². The smallest absolute Gasteiger partial charge is 0.272 e. The van der Waals surface area contributed by atoms with Crippen LogP contribution in [0.2, 0.25) is 0 Å². The van der Waals surface area contributed by atoms with Crippen molar-refractivity contribution < 1.29 is 4.92 Å². The van der Waals surface area contributed by atoms with Crippen molar-refractivity contribution in [3.8, 4) is 0 Å². The van der Waals surface area contributed by atoms with Gasteiger partial charge >= 0.3 is 0 Å².